The minimum absolute atomic E-state index is 0. The van der Waals surface area contributed by atoms with E-state index in [4.69, 9.17) is 29.9 Å². The fourth-order valence-corrected chi connectivity index (χ4v) is 10.5. The summed E-state index contributed by atoms with van der Waals surface area (Å²) in [5.41, 5.74) is 4.25. The number of aromatic nitrogens is 8. The molecule has 7 heterocycles. The van der Waals surface area contributed by atoms with Crippen LogP contribution in [0.3, 0.4) is 0 Å². The van der Waals surface area contributed by atoms with E-state index in [0.29, 0.717) is 33.0 Å². The summed E-state index contributed by atoms with van der Waals surface area (Å²) in [7, 11) is -9.96. The standard InChI is InChI=1S/C50H28N10O10S2.2K/c61-47-31-5-1-2-6-32(31)48(62)59(47)21-23-9-13-27-35(17-23)44-52-39(27)51-43-36-18-24(22-60-49(63)33-7-3-4-8-34(33)50(60)64)10-14-28(36)40(53-43)55-45-38-20-26(72(68,69)70)12-16-30(38)42(57-45)58-46-37-19-25(71(65,66)67)11-15-29(37)41(54-44)56-46;;/h1-20H,21-22H2,(H,65,66,67)(H,68,69,70)(H2,51,52,53,54,55,56,57,58);;/q;2*+1/p-2. The molecule has 0 saturated carbocycles. The van der Waals surface area contributed by atoms with Gasteiger partial charge in [0.05, 0.1) is 45.1 Å². The van der Waals surface area contributed by atoms with E-state index in [-0.39, 0.29) is 207 Å². The van der Waals surface area contributed by atoms with E-state index >= 15 is 0 Å². The van der Waals surface area contributed by atoms with Gasteiger partial charge in [0.1, 0.15) is 43.2 Å². The number of rotatable bonds is 6. The normalized spacial score (nSPS) is 13.7. The molecule has 20 nitrogen and oxygen atoms in total. The molecule has 0 radical (unpaired) electrons. The van der Waals surface area contributed by atoms with Gasteiger partial charge in [-0.05, 0) is 83.9 Å². The Hall–Kier alpha value is -5.95. The van der Waals surface area contributed by atoms with Crippen molar-refractivity contribution in [1.29, 1.82) is 0 Å². The third kappa shape index (κ3) is 8.25. The Balaban J connectivity index is 0.00000294. The van der Waals surface area contributed by atoms with E-state index in [2.05, 4.69) is 9.97 Å². The number of imide groups is 2. The van der Waals surface area contributed by atoms with Crippen LogP contribution in [-0.4, -0.2) is 99.2 Å². The Labute approximate surface area is 502 Å². The molecule has 2 aromatic heterocycles. The molecule has 6 aromatic carbocycles. The van der Waals surface area contributed by atoms with Gasteiger partial charge in [0.15, 0.2) is 23.3 Å². The average Bonchev–Trinajstić information content (AvgIpc) is 4.18. The summed E-state index contributed by atoms with van der Waals surface area (Å²) in [4.78, 5) is 90.5. The zero-order valence-corrected chi connectivity index (χ0v) is 46.3. The molecule has 24 heteroatoms. The van der Waals surface area contributed by atoms with Crippen LogP contribution in [0, 0.1) is 0 Å². The quantitative estimate of drug-likeness (QED) is 0.128. The van der Waals surface area contributed by atoms with Crippen LogP contribution < -0.4 is 103 Å². The molecular weight excluding hydrogens is 1040 g/mol. The van der Waals surface area contributed by atoms with Crippen molar-refractivity contribution >= 4 is 65.9 Å². The van der Waals surface area contributed by atoms with Crippen LogP contribution in [0.4, 0.5) is 0 Å². The third-order valence-electron chi connectivity index (χ3n) is 12.9. The maximum Gasteiger partial charge on any atom is 1.00 e. The van der Waals surface area contributed by atoms with Gasteiger partial charge < -0.3 is 19.1 Å². The molecule has 0 spiro atoms. The third-order valence-corrected chi connectivity index (χ3v) is 14.6. The zero-order chi connectivity index (χ0) is 49.5. The number of nitrogens with zero attached hydrogens (tertiary/aromatic N) is 8. The van der Waals surface area contributed by atoms with E-state index in [1.165, 1.54) is 12.1 Å². The average molecular weight is 1070 g/mol. The summed E-state index contributed by atoms with van der Waals surface area (Å²) in [6.45, 7) is -0.207. The van der Waals surface area contributed by atoms with E-state index in [1.54, 1.807) is 84.9 Å². The van der Waals surface area contributed by atoms with Crippen molar-refractivity contribution < 1.29 is 148 Å². The van der Waals surface area contributed by atoms with Crippen molar-refractivity contribution in [2.75, 3.05) is 0 Å². The SMILES string of the molecule is O=C1c2ccccc2C(=O)N1Cc1ccc2c(c1)-c1nc-2nc2[nH]c(nc3nc([nH]c4nc(n1)-c1ccc(S(=O)(=O)[O-])cc1-4)-c1ccc(S(=O)(=O)[O-])cc1-3)c1ccc(CN3C(=O)c4ccccc4C3=O)cc21.[K+].[K+]. The molecule has 0 aliphatic carbocycles. The monoisotopic (exact) mass is 1070 g/mol. The van der Waals surface area contributed by atoms with E-state index < -0.39 is 53.7 Å². The number of carbonyl (C=O) groups is 4. The molecule has 5 aliphatic rings. The summed E-state index contributed by atoms with van der Waals surface area (Å²) < 4.78 is 74.1. The van der Waals surface area contributed by atoms with Crippen molar-refractivity contribution in [1.82, 2.24) is 49.7 Å². The molecule has 5 aliphatic heterocycles. The molecule has 2 N–H and O–H groups in total. The number of nitrogens with one attached hydrogen (secondary N) is 2. The molecule has 0 unspecified atom stereocenters. The smallest absolute Gasteiger partial charge is 0.744 e. The largest absolute Gasteiger partial charge is 1.00 e. The zero-order valence-electron chi connectivity index (χ0n) is 38.4. The second-order valence-electron chi connectivity index (χ2n) is 17.2. The van der Waals surface area contributed by atoms with Crippen molar-refractivity contribution in [3.63, 3.8) is 0 Å². The van der Waals surface area contributed by atoms with E-state index in [0.717, 1.165) is 34.1 Å². The molecule has 350 valence electrons. The Morgan fingerprint density at radius 2 is 0.797 bits per heavy atom. The van der Waals surface area contributed by atoms with Crippen LogP contribution in [-0.2, 0) is 33.3 Å². The first-order valence-electron chi connectivity index (χ1n) is 21.7. The summed E-state index contributed by atoms with van der Waals surface area (Å²) in [6, 6.07) is 30.6. The number of carbonyl (C=O) groups excluding carboxylic acids is 4. The molecule has 8 bridgehead atoms. The van der Waals surface area contributed by atoms with Crippen LogP contribution in [0.1, 0.15) is 52.6 Å². The fraction of sp³-hybridized carbons (Fsp3) is 0.0400. The molecule has 4 amide bonds. The number of amides is 4. The van der Waals surface area contributed by atoms with Crippen molar-refractivity contribution in [2.24, 2.45) is 0 Å². The predicted octanol–water partition coefficient (Wildman–Crippen LogP) is 0.181. The van der Waals surface area contributed by atoms with Gasteiger partial charge in [-0.1, -0.05) is 48.5 Å². The molecular formula is C50H26K2N10O10S2. The van der Waals surface area contributed by atoms with Crippen LogP contribution in [0.25, 0.3) is 90.4 Å². The molecule has 0 fully saturated rings. The topological polar surface area (TPSA) is 298 Å². The minimum Gasteiger partial charge on any atom is -0.744 e. The van der Waals surface area contributed by atoms with E-state index in [1.807, 2.05) is 0 Å². The Kier molecular flexibility index (Phi) is 12.5. The number of benzene rings is 6. The van der Waals surface area contributed by atoms with Gasteiger partial charge >= 0.3 is 103 Å². The first-order valence-corrected chi connectivity index (χ1v) is 24.6. The maximum absolute atomic E-state index is 13.5. The summed E-state index contributed by atoms with van der Waals surface area (Å²) in [5.74, 6) is -1.65. The molecule has 8 aromatic rings. The number of aromatic amines is 2. The van der Waals surface area contributed by atoms with Crippen LogP contribution in [0.2, 0.25) is 0 Å². The number of fused-ring (bicyclic) bond motifs is 22. The van der Waals surface area contributed by atoms with Gasteiger partial charge in [0.25, 0.3) is 23.6 Å². The fourth-order valence-electron chi connectivity index (χ4n) is 9.49. The van der Waals surface area contributed by atoms with Crippen molar-refractivity contribution in [2.45, 2.75) is 22.9 Å². The summed E-state index contributed by atoms with van der Waals surface area (Å²) in [5, 5.41) is 0.920. The van der Waals surface area contributed by atoms with Gasteiger partial charge in [-0.15, -0.1) is 0 Å². The molecule has 0 saturated heterocycles. The minimum atomic E-state index is -4.98. The Morgan fingerprint density at radius 1 is 0.392 bits per heavy atom. The van der Waals surface area contributed by atoms with Gasteiger partial charge in [-0.3, -0.25) is 29.0 Å². The molecule has 13 rings (SSSR count). The number of hydrogen-bond donors (Lipinski definition) is 2. The van der Waals surface area contributed by atoms with E-state index in [9.17, 15) is 45.1 Å². The summed E-state index contributed by atoms with van der Waals surface area (Å²) in [6.07, 6.45) is 0. The number of hydrogen-bond acceptors (Lipinski definition) is 16. The van der Waals surface area contributed by atoms with Gasteiger partial charge in [0.2, 0.25) is 0 Å². The first-order chi connectivity index (χ1) is 34.6. The van der Waals surface area contributed by atoms with Gasteiger partial charge in [-0.25, -0.2) is 46.7 Å². The Morgan fingerprint density at radius 3 is 1.35 bits per heavy atom. The maximum atomic E-state index is 13.5. The second kappa shape index (κ2) is 18.4. The predicted molar refractivity (Wildman–Crippen MR) is 252 cm³/mol. The van der Waals surface area contributed by atoms with Gasteiger partial charge in [-0.2, -0.15) is 0 Å². The van der Waals surface area contributed by atoms with Crippen LogP contribution in [0.5, 0.6) is 0 Å². The van der Waals surface area contributed by atoms with Crippen molar-refractivity contribution in [3.05, 3.63) is 155 Å². The molecule has 74 heavy (non-hydrogen) atoms. The summed E-state index contributed by atoms with van der Waals surface area (Å²) >= 11 is 0. The van der Waals surface area contributed by atoms with Gasteiger partial charge in [0, 0.05) is 44.2 Å². The van der Waals surface area contributed by atoms with Crippen LogP contribution in [0.15, 0.2) is 131 Å². The van der Waals surface area contributed by atoms with Crippen molar-refractivity contribution in [3.8, 4) is 68.3 Å². The second-order valence-corrected chi connectivity index (χ2v) is 19.9. The Bertz CT molecular complexity index is 4300. The van der Waals surface area contributed by atoms with Crippen LogP contribution >= 0.6 is 0 Å². The first kappa shape index (κ1) is 50.2. The molecule has 0 atom stereocenters. The number of H-pyrrole nitrogens is 2.